The zero-order valence-corrected chi connectivity index (χ0v) is 18.6. The summed E-state index contributed by atoms with van der Waals surface area (Å²) in [4.78, 5) is 14.1. The Kier molecular flexibility index (Phi) is 6.05. The van der Waals surface area contributed by atoms with Crippen molar-refractivity contribution in [1.29, 1.82) is 0 Å². The Morgan fingerprint density at radius 3 is 2.35 bits per heavy atom. The Bertz CT molecular complexity index is 976. The van der Waals surface area contributed by atoms with Crippen molar-refractivity contribution in [3.05, 3.63) is 65.2 Å². The van der Waals surface area contributed by atoms with Crippen molar-refractivity contribution in [1.82, 2.24) is 4.90 Å². The molecule has 31 heavy (non-hydrogen) atoms. The Balaban J connectivity index is 1.59. The summed E-state index contributed by atoms with van der Waals surface area (Å²) < 4.78 is 11.1. The van der Waals surface area contributed by atoms with Gasteiger partial charge in [0, 0.05) is 12.0 Å². The van der Waals surface area contributed by atoms with Gasteiger partial charge in [-0.1, -0.05) is 43.3 Å². The van der Waals surface area contributed by atoms with E-state index in [2.05, 4.69) is 54.3 Å². The first-order valence-electron chi connectivity index (χ1n) is 10.9. The first kappa shape index (κ1) is 21.4. The molecule has 1 heterocycles. The van der Waals surface area contributed by atoms with Crippen LogP contribution in [0.25, 0.3) is 5.57 Å². The van der Waals surface area contributed by atoms with Crippen LogP contribution in [0.15, 0.2) is 48.5 Å². The number of rotatable bonds is 7. The number of piperidine rings is 1. The minimum absolute atomic E-state index is 0.0188. The normalized spacial score (nSPS) is 21.5. The number of hydrogen-bond donors (Lipinski definition) is 1. The summed E-state index contributed by atoms with van der Waals surface area (Å²) in [6, 6.07) is 14.6. The van der Waals surface area contributed by atoms with Gasteiger partial charge in [0.1, 0.15) is 0 Å². The number of carbonyl (C=O) groups is 1. The summed E-state index contributed by atoms with van der Waals surface area (Å²) >= 11 is 0. The fourth-order valence-electron chi connectivity index (χ4n) is 5.29. The Hall–Kier alpha value is -2.79. The molecule has 4 rings (SSSR count). The maximum absolute atomic E-state index is 11.5. The largest absolute Gasteiger partial charge is 0.493 e. The SMILES string of the molecule is COc1cc2c(cc1OC)C(C)(C1CCN(Cc3ccccc3)CC1)C=C2CC(=O)O. The number of nitrogens with zero attached hydrogens (tertiary/aromatic N) is 1. The lowest BCUT2D eigenvalue weighted by Gasteiger charge is -2.40. The zero-order chi connectivity index (χ0) is 22.0. The van der Waals surface area contributed by atoms with Gasteiger partial charge in [0.2, 0.25) is 0 Å². The van der Waals surface area contributed by atoms with Crippen molar-refractivity contribution in [3.63, 3.8) is 0 Å². The van der Waals surface area contributed by atoms with Crippen LogP contribution in [0.1, 0.15) is 42.9 Å². The molecule has 0 bridgehead atoms. The van der Waals surface area contributed by atoms with Crippen molar-refractivity contribution in [2.24, 2.45) is 5.92 Å². The van der Waals surface area contributed by atoms with E-state index in [4.69, 9.17) is 9.47 Å². The fourth-order valence-corrected chi connectivity index (χ4v) is 5.29. The molecule has 1 aliphatic heterocycles. The highest BCUT2D eigenvalue weighted by molar-refractivity contribution is 5.89. The highest BCUT2D eigenvalue weighted by Crippen LogP contribution is 2.51. The molecule has 5 nitrogen and oxygen atoms in total. The Morgan fingerprint density at radius 1 is 1.10 bits per heavy atom. The molecule has 2 aliphatic rings. The molecule has 0 aromatic heterocycles. The van der Waals surface area contributed by atoms with E-state index in [1.165, 1.54) is 5.56 Å². The lowest BCUT2D eigenvalue weighted by Crippen LogP contribution is -2.40. The average molecular weight is 422 g/mol. The van der Waals surface area contributed by atoms with E-state index in [1.807, 2.05) is 6.07 Å². The molecule has 1 N–H and O–H groups in total. The van der Waals surface area contributed by atoms with Crippen molar-refractivity contribution >= 4 is 11.5 Å². The molecule has 0 saturated carbocycles. The predicted octanol–water partition coefficient (Wildman–Crippen LogP) is 4.75. The standard InChI is InChI=1S/C26H31NO4/c1-26(20-9-11-27(12-10-20)17-18-7-5-4-6-8-18)16-19(13-25(28)29)21-14-23(30-2)24(31-3)15-22(21)26/h4-8,14-16,20H,9-13,17H2,1-3H3,(H,28,29). The van der Waals surface area contributed by atoms with Gasteiger partial charge in [-0.15, -0.1) is 0 Å². The van der Waals surface area contributed by atoms with Crippen LogP contribution >= 0.6 is 0 Å². The molecule has 1 aliphatic carbocycles. The number of aliphatic carboxylic acids is 1. The molecule has 2 aromatic carbocycles. The van der Waals surface area contributed by atoms with Gasteiger partial charge in [0.05, 0.1) is 20.6 Å². The van der Waals surface area contributed by atoms with Gasteiger partial charge in [0.25, 0.3) is 0 Å². The highest BCUT2D eigenvalue weighted by Gasteiger charge is 2.42. The lowest BCUT2D eigenvalue weighted by atomic mass is 9.69. The molecule has 1 saturated heterocycles. The number of likely N-dealkylation sites (tertiary alicyclic amines) is 1. The van der Waals surface area contributed by atoms with Crippen molar-refractivity contribution in [2.75, 3.05) is 27.3 Å². The molecule has 5 heteroatoms. The topological polar surface area (TPSA) is 59.0 Å². The summed E-state index contributed by atoms with van der Waals surface area (Å²) in [5.74, 6) is 0.968. The Labute approximate surface area is 184 Å². The number of carboxylic acids is 1. The van der Waals surface area contributed by atoms with Gasteiger partial charge in [-0.05, 0) is 66.2 Å². The van der Waals surface area contributed by atoms with E-state index in [0.29, 0.717) is 17.4 Å². The third-order valence-electron chi connectivity index (χ3n) is 6.95. The van der Waals surface area contributed by atoms with E-state index in [0.717, 1.165) is 49.2 Å². The van der Waals surface area contributed by atoms with E-state index in [9.17, 15) is 9.90 Å². The number of allylic oxidation sites excluding steroid dienone is 1. The second kappa shape index (κ2) is 8.75. The van der Waals surface area contributed by atoms with Crippen molar-refractivity contribution in [3.8, 4) is 11.5 Å². The number of benzene rings is 2. The minimum atomic E-state index is -0.811. The second-order valence-electron chi connectivity index (χ2n) is 8.81. The van der Waals surface area contributed by atoms with Crippen LogP contribution < -0.4 is 9.47 Å². The van der Waals surface area contributed by atoms with Crippen LogP contribution in [0.2, 0.25) is 0 Å². The highest BCUT2D eigenvalue weighted by atomic mass is 16.5. The number of ether oxygens (including phenoxy) is 2. The molecule has 2 aromatic rings. The van der Waals surface area contributed by atoms with Crippen LogP contribution in [0.3, 0.4) is 0 Å². The van der Waals surface area contributed by atoms with Crippen LogP contribution in [0.5, 0.6) is 11.5 Å². The summed E-state index contributed by atoms with van der Waals surface area (Å²) in [5, 5.41) is 9.48. The molecule has 0 spiro atoms. The van der Waals surface area contributed by atoms with Crippen molar-refractivity contribution in [2.45, 2.75) is 38.1 Å². The summed E-state index contributed by atoms with van der Waals surface area (Å²) in [7, 11) is 3.26. The maximum atomic E-state index is 11.5. The molecule has 164 valence electrons. The second-order valence-corrected chi connectivity index (χ2v) is 8.81. The zero-order valence-electron chi connectivity index (χ0n) is 18.6. The van der Waals surface area contributed by atoms with Gasteiger partial charge in [-0.25, -0.2) is 0 Å². The first-order chi connectivity index (χ1) is 14.9. The van der Waals surface area contributed by atoms with Crippen LogP contribution in [-0.2, 0) is 16.8 Å². The molecule has 1 unspecified atom stereocenters. The monoisotopic (exact) mass is 421 g/mol. The van der Waals surface area contributed by atoms with E-state index in [-0.39, 0.29) is 11.8 Å². The third-order valence-corrected chi connectivity index (χ3v) is 6.95. The molecule has 0 amide bonds. The summed E-state index contributed by atoms with van der Waals surface area (Å²) in [5.41, 5.74) is 4.15. The molecule has 0 radical (unpaired) electrons. The van der Waals surface area contributed by atoms with Crippen molar-refractivity contribution < 1.29 is 19.4 Å². The molecule has 1 fully saturated rings. The van der Waals surface area contributed by atoms with Gasteiger partial charge in [-0.3, -0.25) is 9.69 Å². The number of methoxy groups -OCH3 is 2. The maximum Gasteiger partial charge on any atom is 0.307 e. The average Bonchev–Trinajstić information content (AvgIpc) is 3.05. The smallest absolute Gasteiger partial charge is 0.307 e. The lowest BCUT2D eigenvalue weighted by molar-refractivity contribution is -0.135. The van der Waals surface area contributed by atoms with Gasteiger partial charge in [0.15, 0.2) is 11.5 Å². The van der Waals surface area contributed by atoms with Gasteiger partial charge < -0.3 is 14.6 Å². The molecule has 1 atom stereocenters. The molecular formula is C26H31NO4. The molecular weight excluding hydrogens is 390 g/mol. The summed E-state index contributed by atoms with van der Waals surface area (Å²) in [6.45, 7) is 5.32. The van der Waals surface area contributed by atoms with E-state index >= 15 is 0 Å². The van der Waals surface area contributed by atoms with Crippen LogP contribution in [0.4, 0.5) is 0 Å². The van der Waals surface area contributed by atoms with Gasteiger partial charge in [-0.2, -0.15) is 0 Å². The number of hydrogen-bond acceptors (Lipinski definition) is 4. The fraction of sp³-hybridized carbons (Fsp3) is 0.423. The Morgan fingerprint density at radius 2 is 1.74 bits per heavy atom. The first-order valence-corrected chi connectivity index (χ1v) is 10.9. The van der Waals surface area contributed by atoms with Crippen LogP contribution in [0, 0.1) is 5.92 Å². The predicted molar refractivity (Wildman–Crippen MR) is 122 cm³/mol. The minimum Gasteiger partial charge on any atom is -0.493 e. The summed E-state index contributed by atoms with van der Waals surface area (Å²) in [6.07, 6.45) is 4.37. The number of fused-ring (bicyclic) bond motifs is 1. The van der Waals surface area contributed by atoms with E-state index in [1.54, 1.807) is 14.2 Å². The van der Waals surface area contributed by atoms with Crippen LogP contribution in [-0.4, -0.2) is 43.3 Å². The number of carboxylic acid groups (broad SMARTS) is 1. The van der Waals surface area contributed by atoms with E-state index < -0.39 is 5.97 Å². The van der Waals surface area contributed by atoms with Gasteiger partial charge >= 0.3 is 5.97 Å². The quantitative estimate of drug-likeness (QED) is 0.699. The third kappa shape index (κ3) is 4.19.